The van der Waals surface area contributed by atoms with Gasteiger partial charge in [0, 0.05) is 25.5 Å². The molecule has 0 radical (unpaired) electrons. The zero-order valence-corrected chi connectivity index (χ0v) is 12.0. The highest BCUT2D eigenvalue weighted by Crippen LogP contribution is 2.24. The van der Waals surface area contributed by atoms with E-state index in [0.717, 1.165) is 25.2 Å². The van der Waals surface area contributed by atoms with Gasteiger partial charge in [-0.05, 0) is 49.2 Å². The molecule has 110 valence electrons. The van der Waals surface area contributed by atoms with Gasteiger partial charge in [-0.25, -0.2) is 4.79 Å². The van der Waals surface area contributed by atoms with Gasteiger partial charge in [0.15, 0.2) is 0 Å². The second kappa shape index (κ2) is 6.74. The lowest BCUT2D eigenvalue weighted by atomic mass is 10.1. The minimum atomic E-state index is -0.965. The van der Waals surface area contributed by atoms with Crippen LogP contribution in [-0.2, 0) is 6.42 Å². The van der Waals surface area contributed by atoms with Crippen LogP contribution < -0.4 is 10.6 Å². The smallest absolute Gasteiger partial charge is 0.335 e. The molecule has 1 aromatic carbocycles. The third kappa shape index (κ3) is 3.72. The number of nitrogens with two attached hydrogens (primary N) is 1. The highest BCUT2D eigenvalue weighted by atomic mass is 16.4. The minimum Gasteiger partial charge on any atom is -0.478 e. The number of rotatable bonds is 6. The van der Waals surface area contributed by atoms with Crippen molar-refractivity contribution in [2.75, 3.05) is 23.7 Å². The van der Waals surface area contributed by atoms with Crippen LogP contribution in [0.3, 0.4) is 0 Å². The molecule has 5 heteroatoms. The molecule has 0 saturated heterocycles. The van der Waals surface area contributed by atoms with Gasteiger partial charge in [-0.3, -0.25) is 4.98 Å². The molecule has 0 spiro atoms. The van der Waals surface area contributed by atoms with Crippen LogP contribution in [0.15, 0.2) is 42.7 Å². The summed E-state index contributed by atoms with van der Waals surface area (Å²) in [4.78, 5) is 17.1. The van der Waals surface area contributed by atoms with Crippen molar-refractivity contribution in [1.82, 2.24) is 4.98 Å². The fourth-order valence-electron chi connectivity index (χ4n) is 2.24. The second-order valence-electron chi connectivity index (χ2n) is 4.76. The molecule has 0 fully saturated rings. The van der Waals surface area contributed by atoms with Gasteiger partial charge >= 0.3 is 5.97 Å². The molecule has 0 bridgehead atoms. The van der Waals surface area contributed by atoms with Gasteiger partial charge in [-0.1, -0.05) is 0 Å². The number of pyridine rings is 1. The molecule has 1 aromatic heterocycles. The van der Waals surface area contributed by atoms with E-state index in [1.165, 1.54) is 11.6 Å². The summed E-state index contributed by atoms with van der Waals surface area (Å²) in [6.45, 7) is 3.68. The van der Waals surface area contributed by atoms with E-state index < -0.39 is 5.97 Å². The second-order valence-corrected chi connectivity index (χ2v) is 4.76. The van der Waals surface area contributed by atoms with Crippen LogP contribution in [0.1, 0.15) is 22.8 Å². The number of carboxylic acid groups (broad SMARTS) is 1. The Morgan fingerprint density at radius 2 is 2.00 bits per heavy atom. The van der Waals surface area contributed by atoms with Crippen molar-refractivity contribution >= 4 is 17.3 Å². The molecular formula is C16H19N3O2. The quantitative estimate of drug-likeness (QED) is 0.797. The topological polar surface area (TPSA) is 79.5 Å². The van der Waals surface area contributed by atoms with E-state index in [1.54, 1.807) is 24.5 Å². The SMILES string of the molecule is CCN(CCc1ccncc1)c1ccc(C(=O)O)cc1N. The number of carboxylic acids is 1. The average molecular weight is 285 g/mol. The van der Waals surface area contributed by atoms with E-state index in [4.69, 9.17) is 10.8 Å². The van der Waals surface area contributed by atoms with E-state index in [1.807, 2.05) is 12.1 Å². The molecule has 1 heterocycles. The Balaban J connectivity index is 2.12. The number of hydrogen-bond acceptors (Lipinski definition) is 4. The van der Waals surface area contributed by atoms with Crippen molar-refractivity contribution in [3.05, 3.63) is 53.9 Å². The number of aromatic carboxylic acids is 1. The van der Waals surface area contributed by atoms with Crippen molar-refractivity contribution in [2.24, 2.45) is 0 Å². The highest BCUT2D eigenvalue weighted by Gasteiger charge is 2.11. The molecule has 0 aliphatic heterocycles. The summed E-state index contributed by atoms with van der Waals surface area (Å²) in [5, 5.41) is 8.97. The number of hydrogen-bond donors (Lipinski definition) is 2. The maximum absolute atomic E-state index is 10.9. The standard InChI is InChI=1S/C16H19N3O2/c1-2-19(10-7-12-5-8-18-9-6-12)15-4-3-13(16(20)21)11-14(15)17/h3-6,8-9,11H,2,7,10,17H2,1H3,(H,20,21). The van der Waals surface area contributed by atoms with Crippen LogP contribution in [0.25, 0.3) is 0 Å². The van der Waals surface area contributed by atoms with E-state index in [2.05, 4.69) is 16.8 Å². The fourth-order valence-corrected chi connectivity index (χ4v) is 2.24. The Morgan fingerprint density at radius 3 is 2.57 bits per heavy atom. The molecule has 0 saturated carbocycles. The summed E-state index contributed by atoms with van der Waals surface area (Å²) >= 11 is 0. The van der Waals surface area contributed by atoms with E-state index in [-0.39, 0.29) is 5.56 Å². The van der Waals surface area contributed by atoms with Gasteiger partial charge in [0.2, 0.25) is 0 Å². The fraction of sp³-hybridized carbons (Fsp3) is 0.250. The first-order valence-electron chi connectivity index (χ1n) is 6.88. The summed E-state index contributed by atoms with van der Waals surface area (Å²) in [6.07, 6.45) is 4.44. The van der Waals surface area contributed by atoms with Crippen LogP contribution >= 0.6 is 0 Å². The Labute approximate surface area is 124 Å². The number of nitrogens with zero attached hydrogens (tertiary/aromatic N) is 2. The third-order valence-electron chi connectivity index (χ3n) is 3.42. The van der Waals surface area contributed by atoms with Crippen molar-refractivity contribution in [3.8, 4) is 0 Å². The minimum absolute atomic E-state index is 0.210. The van der Waals surface area contributed by atoms with Crippen molar-refractivity contribution in [1.29, 1.82) is 0 Å². The van der Waals surface area contributed by atoms with E-state index >= 15 is 0 Å². The lowest BCUT2D eigenvalue weighted by molar-refractivity contribution is 0.0697. The molecule has 3 N–H and O–H groups in total. The normalized spacial score (nSPS) is 10.3. The first-order chi connectivity index (χ1) is 10.1. The van der Waals surface area contributed by atoms with Gasteiger partial charge < -0.3 is 15.7 Å². The maximum Gasteiger partial charge on any atom is 0.335 e. The average Bonchev–Trinajstić information content (AvgIpc) is 2.50. The Kier molecular flexibility index (Phi) is 4.77. The molecular weight excluding hydrogens is 266 g/mol. The molecule has 0 amide bonds. The van der Waals surface area contributed by atoms with Gasteiger partial charge in [0.05, 0.1) is 16.9 Å². The molecule has 0 atom stereocenters. The number of likely N-dealkylation sites (N-methyl/N-ethyl adjacent to an activating group) is 1. The molecule has 21 heavy (non-hydrogen) atoms. The highest BCUT2D eigenvalue weighted by molar-refractivity contribution is 5.90. The van der Waals surface area contributed by atoms with Crippen molar-refractivity contribution in [2.45, 2.75) is 13.3 Å². The van der Waals surface area contributed by atoms with Gasteiger partial charge in [0.1, 0.15) is 0 Å². The largest absolute Gasteiger partial charge is 0.478 e. The molecule has 2 rings (SSSR count). The zero-order valence-electron chi connectivity index (χ0n) is 12.0. The summed E-state index contributed by atoms with van der Waals surface area (Å²) in [7, 11) is 0. The Bertz CT molecular complexity index is 614. The molecule has 0 aliphatic rings. The number of benzene rings is 1. The number of anilines is 2. The first kappa shape index (κ1) is 14.8. The summed E-state index contributed by atoms with van der Waals surface area (Å²) in [5.41, 5.74) is 8.78. The third-order valence-corrected chi connectivity index (χ3v) is 3.42. The molecule has 2 aromatic rings. The predicted molar refractivity (Wildman–Crippen MR) is 83.6 cm³/mol. The van der Waals surface area contributed by atoms with E-state index in [0.29, 0.717) is 5.69 Å². The molecule has 0 aliphatic carbocycles. The Morgan fingerprint density at radius 1 is 1.29 bits per heavy atom. The number of carbonyl (C=O) groups is 1. The summed E-state index contributed by atoms with van der Waals surface area (Å²) in [5.74, 6) is -0.965. The van der Waals surface area contributed by atoms with E-state index in [9.17, 15) is 4.79 Å². The predicted octanol–water partition coefficient (Wildman–Crippen LogP) is 2.43. The Hall–Kier alpha value is -2.56. The number of aromatic nitrogens is 1. The lowest BCUT2D eigenvalue weighted by Crippen LogP contribution is -2.26. The van der Waals surface area contributed by atoms with Crippen LogP contribution in [0.2, 0.25) is 0 Å². The van der Waals surface area contributed by atoms with Crippen LogP contribution in [0.5, 0.6) is 0 Å². The summed E-state index contributed by atoms with van der Waals surface area (Å²) in [6, 6.07) is 8.85. The van der Waals surface area contributed by atoms with Gasteiger partial charge in [0.25, 0.3) is 0 Å². The van der Waals surface area contributed by atoms with Crippen LogP contribution in [-0.4, -0.2) is 29.1 Å². The van der Waals surface area contributed by atoms with Crippen LogP contribution in [0.4, 0.5) is 11.4 Å². The first-order valence-corrected chi connectivity index (χ1v) is 6.88. The van der Waals surface area contributed by atoms with Gasteiger partial charge in [-0.2, -0.15) is 0 Å². The molecule has 0 unspecified atom stereocenters. The molecule has 5 nitrogen and oxygen atoms in total. The van der Waals surface area contributed by atoms with Crippen LogP contribution in [0, 0.1) is 0 Å². The summed E-state index contributed by atoms with van der Waals surface area (Å²) < 4.78 is 0. The lowest BCUT2D eigenvalue weighted by Gasteiger charge is -2.25. The zero-order chi connectivity index (χ0) is 15.2. The monoisotopic (exact) mass is 285 g/mol. The number of nitrogen functional groups attached to an aromatic ring is 1. The van der Waals surface area contributed by atoms with Crippen molar-refractivity contribution in [3.63, 3.8) is 0 Å². The maximum atomic E-state index is 10.9. The van der Waals surface area contributed by atoms with Crippen molar-refractivity contribution < 1.29 is 9.90 Å². The van der Waals surface area contributed by atoms with Gasteiger partial charge in [-0.15, -0.1) is 0 Å².